The molecule has 0 fully saturated rings. The molecule has 0 aliphatic rings. The van der Waals surface area contributed by atoms with Crippen molar-refractivity contribution in [3.05, 3.63) is 46.8 Å². The zero-order valence-corrected chi connectivity index (χ0v) is 9.88. The maximum absolute atomic E-state index is 11.2. The predicted molar refractivity (Wildman–Crippen MR) is 67.7 cm³/mol. The van der Waals surface area contributed by atoms with Gasteiger partial charge in [0.1, 0.15) is 0 Å². The van der Waals surface area contributed by atoms with Gasteiger partial charge in [-0.2, -0.15) is 0 Å². The lowest BCUT2D eigenvalue weighted by molar-refractivity contribution is 0.0999. The average Bonchev–Trinajstić information content (AvgIpc) is 2.81. The number of benzene rings is 1. The highest BCUT2D eigenvalue weighted by molar-refractivity contribution is 7.13. The second kappa shape index (κ2) is 4.49. The quantitative estimate of drug-likeness (QED) is 0.866. The monoisotopic (exact) mass is 231 g/mol. The van der Waals surface area contributed by atoms with Gasteiger partial charge in [0, 0.05) is 10.4 Å². The first-order valence-corrected chi connectivity index (χ1v) is 6.07. The van der Waals surface area contributed by atoms with Crippen LogP contribution in [0.5, 0.6) is 0 Å². The van der Waals surface area contributed by atoms with Crippen molar-refractivity contribution in [2.24, 2.45) is 5.73 Å². The van der Waals surface area contributed by atoms with E-state index in [1.165, 1.54) is 4.88 Å². The van der Waals surface area contributed by atoms with Crippen LogP contribution in [0.15, 0.2) is 35.7 Å². The highest BCUT2D eigenvalue weighted by atomic mass is 32.1. The Morgan fingerprint density at radius 3 is 2.75 bits per heavy atom. The molecule has 0 atom stereocenters. The molecule has 1 aromatic heterocycles. The molecular weight excluding hydrogens is 218 g/mol. The Morgan fingerprint density at radius 2 is 2.19 bits per heavy atom. The molecule has 2 N–H and O–H groups in total. The van der Waals surface area contributed by atoms with Crippen LogP contribution in [0.4, 0.5) is 0 Å². The van der Waals surface area contributed by atoms with E-state index in [4.69, 9.17) is 5.73 Å². The third-order valence-corrected chi connectivity index (χ3v) is 3.48. The van der Waals surface area contributed by atoms with Crippen molar-refractivity contribution in [3.8, 4) is 10.4 Å². The summed E-state index contributed by atoms with van der Waals surface area (Å²) < 4.78 is 0. The highest BCUT2D eigenvalue weighted by Gasteiger charge is 2.08. The smallest absolute Gasteiger partial charge is 0.248 e. The Morgan fingerprint density at radius 1 is 1.38 bits per heavy atom. The fourth-order valence-corrected chi connectivity index (χ4v) is 2.45. The number of carbonyl (C=O) groups is 1. The molecule has 82 valence electrons. The van der Waals surface area contributed by atoms with Crippen molar-refractivity contribution in [2.75, 3.05) is 0 Å². The van der Waals surface area contributed by atoms with Crippen molar-refractivity contribution in [3.63, 3.8) is 0 Å². The number of thiophene rings is 1. The minimum absolute atomic E-state index is 0.352. The van der Waals surface area contributed by atoms with Crippen LogP contribution < -0.4 is 5.73 Å². The number of nitrogens with two attached hydrogens (primary N) is 1. The average molecular weight is 231 g/mol. The molecule has 1 aromatic carbocycles. The van der Waals surface area contributed by atoms with Gasteiger partial charge in [0.15, 0.2) is 0 Å². The maximum atomic E-state index is 11.2. The van der Waals surface area contributed by atoms with Crippen molar-refractivity contribution in [1.29, 1.82) is 0 Å². The molecule has 0 spiro atoms. The van der Waals surface area contributed by atoms with E-state index in [0.29, 0.717) is 5.56 Å². The summed E-state index contributed by atoms with van der Waals surface area (Å²) in [5.74, 6) is -0.352. The minimum Gasteiger partial charge on any atom is -0.366 e. The first-order valence-electron chi connectivity index (χ1n) is 5.19. The first kappa shape index (κ1) is 10.9. The molecule has 0 saturated carbocycles. The van der Waals surface area contributed by atoms with Gasteiger partial charge in [-0.15, -0.1) is 11.3 Å². The Labute approximate surface area is 98.7 Å². The Hall–Kier alpha value is -1.61. The predicted octanol–water partition coefficient (Wildman–Crippen LogP) is 3.08. The Bertz CT molecular complexity index is 503. The van der Waals surface area contributed by atoms with E-state index in [9.17, 15) is 4.79 Å². The summed E-state index contributed by atoms with van der Waals surface area (Å²) in [6.45, 7) is 2.03. The van der Waals surface area contributed by atoms with E-state index in [0.717, 1.165) is 17.5 Å². The minimum atomic E-state index is -0.352. The van der Waals surface area contributed by atoms with Crippen molar-refractivity contribution >= 4 is 17.2 Å². The summed E-state index contributed by atoms with van der Waals surface area (Å²) in [7, 11) is 0. The lowest BCUT2D eigenvalue weighted by Crippen LogP contribution is -2.13. The van der Waals surface area contributed by atoms with Gasteiger partial charge in [-0.25, -0.2) is 0 Å². The zero-order valence-electron chi connectivity index (χ0n) is 9.07. The second-order valence-electron chi connectivity index (χ2n) is 3.57. The number of primary amides is 1. The molecule has 0 unspecified atom stereocenters. The third kappa shape index (κ3) is 1.99. The van der Waals surface area contributed by atoms with Gasteiger partial charge in [0.05, 0.1) is 0 Å². The van der Waals surface area contributed by atoms with Crippen LogP contribution in [0.2, 0.25) is 0 Å². The molecule has 0 aliphatic heterocycles. The van der Waals surface area contributed by atoms with Crippen LogP contribution in [-0.4, -0.2) is 5.91 Å². The van der Waals surface area contributed by atoms with E-state index < -0.39 is 0 Å². The van der Waals surface area contributed by atoms with Crippen LogP contribution >= 0.6 is 11.3 Å². The van der Waals surface area contributed by atoms with Crippen molar-refractivity contribution in [1.82, 2.24) is 0 Å². The molecule has 0 aliphatic carbocycles. The van der Waals surface area contributed by atoms with Crippen LogP contribution in [0.25, 0.3) is 10.4 Å². The molecular formula is C13H13NOS. The van der Waals surface area contributed by atoms with Crippen LogP contribution in [0.3, 0.4) is 0 Å². The molecule has 3 heteroatoms. The zero-order chi connectivity index (χ0) is 11.5. The van der Waals surface area contributed by atoms with Crippen LogP contribution in [0, 0.1) is 0 Å². The van der Waals surface area contributed by atoms with Crippen molar-refractivity contribution in [2.45, 2.75) is 13.3 Å². The van der Waals surface area contributed by atoms with E-state index >= 15 is 0 Å². The van der Waals surface area contributed by atoms with Crippen LogP contribution in [-0.2, 0) is 6.42 Å². The number of carbonyl (C=O) groups excluding carboxylic acids is 1. The number of aryl methyl sites for hydroxylation is 1. The summed E-state index contributed by atoms with van der Waals surface area (Å²) in [5, 5.41) is 2.04. The summed E-state index contributed by atoms with van der Waals surface area (Å²) in [5.41, 5.74) is 8.11. The van der Waals surface area contributed by atoms with Gasteiger partial charge in [0.25, 0.3) is 0 Å². The van der Waals surface area contributed by atoms with Gasteiger partial charge in [-0.05, 0) is 41.1 Å². The van der Waals surface area contributed by atoms with Gasteiger partial charge in [-0.1, -0.05) is 19.1 Å². The fourth-order valence-electron chi connectivity index (χ4n) is 1.72. The summed E-state index contributed by atoms with van der Waals surface area (Å²) in [6.07, 6.45) is 0.817. The molecule has 1 heterocycles. The molecule has 2 rings (SSSR count). The molecule has 0 radical (unpaired) electrons. The maximum Gasteiger partial charge on any atom is 0.248 e. The van der Waals surface area contributed by atoms with Gasteiger partial charge in [0.2, 0.25) is 5.91 Å². The normalized spacial score (nSPS) is 10.3. The highest BCUT2D eigenvalue weighted by Crippen LogP contribution is 2.26. The van der Waals surface area contributed by atoms with E-state index in [-0.39, 0.29) is 5.91 Å². The second-order valence-corrected chi connectivity index (χ2v) is 4.51. The number of hydrogen-bond donors (Lipinski definition) is 1. The Kier molecular flexibility index (Phi) is 3.06. The third-order valence-electron chi connectivity index (χ3n) is 2.56. The van der Waals surface area contributed by atoms with Gasteiger partial charge in [-0.3, -0.25) is 4.79 Å². The Balaban J connectivity index is 2.49. The van der Waals surface area contributed by atoms with Crippen molar-refractivity contribution < 1.29 is 4.79 Å². The molecule has 0 bridgehead atoms. The van der Waals surface area contributed by atoms with Gasteiger partial charge < -0.3 is 5.73 Å². The molecule has 2 aromatic rings. The molecule has 2 nitrogen and oxygen atoms in total. The first-order chi connectivity index (χ1) is 7.72. The van der Waals surface area contributed by atoms with E-state index in [2.05, 4.69) is 6.07 Å². The summed E-state index contributed by atoms with van der Waals surface area (Å²) in [4.78, 5) is 12.4. The topological polar surface area (TPSA) is 43.1 Å². The van der Waals surface area contributed by atoms with E-state index in [1.54, 1.807) is 11.3 Å². The van der Waals surface area contributed by atoms with Crippen LogP contribution in [0.1, 0.15) is 22.8 Å². The molecule has 16 heavy (non-hydrogen) atoms. The number of rotatable bonds is 3. The standard InChI is InChI=1S/C13H13NOS/c1-2-9-8-10(12-4-3-7-16-12)5-6-11(9)13(14)15/h3-8H,2H2,1H3,(H2,14,15). The number of amides is 1. The molecule has 0 saturated heterocycles. The van der Waals surface area contributed by atoms with Gasteiger partial charge >= 0.3 is 0 Å². The summed E-state index contributed by atoms with van der Waals surface area (Å²) in [6, 6.07) is 9.91. The number of hydrogen-bond acceptors (Lipinski definition) is 2. The lowest BCUT2D eigenvalue weighted by Gasteiger charge is -2.06. The lowest BCUT2D eigenvalue weighted by atomic mass is 10.0. The molecule has 1 amide bonds. The largest absolute Gasteiger partial charge is 0.366 e. The fraction of sp³-hybridized carbons (Fsp3) is 0.154. The SMILES string of the molecule is CCc1cc(-c2cccs2)ccc1C(N)=O. The summed E-state index contributed by atoms with van der Waals surface area (Å²) >= 11 is 1.69. The van der Waals surface area contributed by atoms with E-state index in [1.807, 2.05) is 36.6 Å².